The summed E-state index contributed by atoms with van der Waals surface area (Å²) >= 11 is 1.96. The molecule has 1 rings (SSSR count). The molecule has 19 heavy (non-hydrogen) atoms. The Bertz CT molecular complexity index is 231. The first-order valence-corrected chi connectivity index (χ1v) is 9.32. The quantitative estimate of drug-likeness (QED) is 0.735. The zero-order chi connectivity index (χ0) is 14.3. The Morgan fingerprint density at radius 3 is 2.53 bits per heavy atom. The van der Waals surface area contributed by atoms with E-state index in [0.29, 0.717) is 11.5 Å². The second-order valence-corrected chi connectivity index (χ2v) is 7.59. The molecule has 1 N–H and O–H groups in total. The van der Waals surface area contributed by atoms with Crippen molar-refractivity contribution in [1.82, 2.24) is 10.2 Å². The van der Waals surface area contributed by atoms with E-state index < -0.39 is 0 Å². The van der Waals surface area contributed by atoms with Crippen molar-refractivity contribution >= 4 is 11.8 Å². The van der Waals surface area contributed by atoms with E-state index in [2.05, 4.69) is 44.3 Å². The van der Waals surface area contributed by atoms with Gasteiger partial charge < -0.3 is 10.2 Å². The fourth-order valence-corrected chi connectivity index (χ4v) is 3.95. The molecule has 0 heterocycles. The monoisotopic (exact) mass is 286 g/mol. The van der Waals surface area contributed by atoms with Crippen LogP contribution in [0.25, 0.3) is 0 Å². The van der Waals surface area contributed by atoms with Crippen molar-refractivity contribution in [2.75, 3.05) is 38.7 Å². The third-order valence-corrected chi connectivity index (χ3v) is 5.65. The summed E-state index contributed by atoms with van der Waals surface area (Å²) < 4.78 is 0. The second-order valence-electron chi connectivity index (χ2n) is 6.68. The van der Waals surface area contributed by atoms with Gasteiger partial charge in [0, 0.05) is 24.9 Å². The molecule has 1 atom stereocenters. The molecule has 1 unspecified atom stereocenters. The number of rotatable bonds is 8. The summed E-state index contributed by atoms with van der Waals surface area (Å²) in [7, 11) is 2.31. The Morgan fingerprint density at radius 2 is 2.00 bits per heavy atom. The molecule has 0 aliphatic heterocycles. The minimum absolute atomic E-state index is 0.518. The Kier molecular flexibility index (Phi) is 7.78. The number of thioether (sulfide) groups is 1. The highest BCUT2D eigenvalue weighted by atomic mass is 32.2. The molecule has 0 aromatic carbocycles. The highest BCUT2D eigenvalue weighted by molar-refractivity contribution is 7.98. The normalized spacial score (nSPS) is 29.7. The lowest BCUT2D eigenvalue weighted by Crippen LogP contribution is -2.47. The van der Waals surface area contributed by atoms with E-state index in [9.17, 15) is 0 Å². The van der Waals surface area contributed by atoms with Gasteiger partial charge in [0.25, 0.3) is 0 Å². The fraction of sp³-hybridized carbons (Fsp3) is 1.00. The summed E-state index contributed by atoms with van der Waals surface area (Å²) in [5.41, 5.74) is 0.518. The zero-order valence-electron chi connectivity index (χ0n) is 13.7. The topological polar surface area (TPSA) is 15.3 Å². The summed E-state index contributed by atoms with van der Waals surface area (Å²) in [4.78, 5) is 2.59. The minimum Gasteiger partial charge on any atom is -0.316 e. The zero-order valence-corrected chi connectivity index (χ0v) is 14.5. The molecule has 1 fully saturated rings. The summed E-state index contributed by atoms with van der Waals surface area (Å²) in [6, 6.07) is 0.688. The van der Waals surface area contributed by atoms with Gasteiger partial charge in [0.1, 0.15) is 0 Å². The van der Waals surface area contributed by atoms with Crippen molar-refractivity contribution in [3.8, 4) is 0 Å². The van der Waals surface area contributed by atoms with Gasteiger partial charge in [-0.2, -0.15) is 11.8 Å². The van der Waals surface area contributed by atoms with Crippen LogP contribution < -0.4 is 5.32 Å². The first-order valence-electron chi connectivity index (χ1n) is 7.93. The van der Waals surface area contributed by atoms with E-state index in [1.54, 1.807) is 0 Å². The lowest BCUT2D eigenvalue weighted by Gasteiger charge is -2.43. The molecular formula is C16H34N2S. The van der Waals surface area contributed by atoms with Crippen LogP contribution in [0.2, 0.25) is 0 Å². The van der Waals surface area contributed by atoms with Crippen LogP contribution in [0.1, 0.15) is 46.5 Å². The van der Waals surface area contributed by atoms with Gasteiger partial charge in [-0.3, -0.25) is 0 Å². The van der Waals surface area contributed by atoms with Gasteiger partial charge in [0.2, 0.25) is 0 Å². The van der Waals surface area contributed by atoms with Crippen molar-refractivity contribution in [2.24, 2.45) is 11.3 Å². The molecule has 0 amide bonds. The van der Waals surface area contributed by atoms with Gasteiger partial charge >= 0.3 is 0 Å². The maximum Gasteiger partial charge on any atom is 0.0155 e. The predicted octanol–water partition coefficient (Wildman–Crippen LogP) is 3.48. The Hall–Kier alpha value is 0.270. The Morgan fingerprint density at radius 1 is 1.37 bits per heavy atom. The van der Waals surface area contributed by atoms with Gasteiger partial charge in [0.05, 0.1) is 0 Å². The molecule has 0 radical (unpaired) electrons. The van der Waals surface area contributed by atoms with Crippen LogP contribution in [-0.2, 0) is 0 Å². The Labute approximate surface area is 125 Å². The van der Waals surface area contributed by atoms with Crippen LogP contribution in [0.5, 0.6) is 0 Å². The molecule has 0 saturated heterocycles. The van der Waals surface area contributed by atoms with E-state index in [0.717, 1.165) is 12.5 Å². The van der Waals surface area contributed by atoms with Gasteiger partial charge in [-0.15, -0.1) is 0 Å². The maximum atomic E-state index is 3.62. The molecule has 0 aromatic heterocycles. The lowest BCUT2D eigenvalue weighted by atomic mass is 9.70. The van der Waals surface area contributed by atoms with Crippen molar-refractivity contribution in [3.05, 3.63) is 0 Å². The number of hydrogen-bond donors (Lipinski definition) is 1. The van der Waals surface area contributed by atoms with Crippen molar-refractivity contribution in [3.63, 3.8) is 0 Å². The standard InChI is InChI=1S/C16H34N2S/c1-6-17-12-16(9-7-14(2)8-10-16)13-18(4)15(3)11-19-5/h14-15,17H,6-13H2,1-5H3. The largest absolute Gasteiger partial charge is 0.316 e. The molecule has 0 bridgehead atoms. The summed E-state index contributed by atoms with van der Waals surface area (Å²) in [5.74, 6) is 2.17. The highest BCUT2D eigenvalue weighted by Crippen LogP contribution is 2.39. The van der Waals surface area contributed by atoms with Gasteiger partial charge in [0.15, 0.2) is 0 Å². The van der Waals surface area contributed by atoms with Crippen LogP contribution in [0.15, 0.2) is 0 Å². The Balaban J connectivity index is 2.58. The minimum atomic E-state index is 0.518. The summed E-state index contributed by atoms with van der Waals surface area (Å²) in [6.07, 6.45) is 7.84. The van der Waals surface area contributed by atoms with E-state index in [1.165, 1.54) is 44.5 Å². The maximum absolute atomic E-state index is 3.62. The number of nitrogens with zero attached hydrogens (tertiary/aromatic N) is 1. The van der Waals surface area contributed by atoms with Crippen LogP contribution >= 0.6 is 11.8 Å². The van der Waals surface area contributed by atoms with E-state index in [-0.39, 0.29) is 0 Å². The van der Waals surface area contributed by atoms with Gasteiger partial charge in [-0.05, 0) is 50.9 Å². The van der Waals surface area contributed by atoms with Crippen LogP contribution in [0.3, 0.4) is 0 Å². The molecular weight excluding hydrogens is 252 g/mol. The lowest BCUT2D eigenvalue weighted by molar-refractivity contribution is 0.0870. The SMILES string of the molecule is CCNCC1(CN(C)C(C)CSC)CCC(C)CC1. The smallest absolute Gasteiger partial charge is 0.0155 e. The molecule has 114 valence electrons. The van der Waals surface area contributed by atoms with E-state index in [4.69, 9.17) is 0 Å². The van der Waals surface area contributed by atoms with Crippen molar-refractivity contribution in [2.45, 2.75) is 52.5 Å². The fourth-order valence-electron chi connectivity index (χ4n) is 3.21. The third kappa shape index (κ3) is 5.65. The third-order valence-electron chi connectivity index (χ3n) is 4.83. The number of hydrogen-bond acceptors (Lipinski definition) is 3. The first-order chi connectivity index (χ1) is 9.03. The van der Waals surface area contributed by atoms with Crippen molar-refractivity contribution < 1.29 is 0 Å². The second kappa shape index (κ2) is 8.53. The highest BCUT2D eigenvalue weighted by Gasteiger charge is 2.35. The van der Waals surface area contributed by atoms with E-state index >= 15 is 0 Å². The molecule has 1 aliphatic carbocycles. The summed E-state index contributed by atoms with van der Waals surface area (Å²) in [5, 5.41) is 3.62. The van der Waals surface area contributed by atoms with Crippen molar-refractivity contribution in [1.29, 1.82) is 0 Å². The van der Waals surface area contributed by atoms with Gasteiger partial charge in [-0.25, -0.2) is 0 Å². The first kappa shape index (κ1) is 17.3. The summed E-state index contributed by atoms with van der Waals surface area (Å²) in [6.45, 7) is 10.6. The molecule has 1 saturated carbocycles. The van der Waals surface area contributed by atoms with E-state index in [1.807, 2.05) is 11.8 Å². The molecule has 1 aliphatic rings. The molecule has 0 aromatic rings. The van der Waals surface area contributed by atoms with Crippen LogP contribution in [0.4, 0.5) is 0 Å². The number of nitrogens with one attached hydrogen (secondary N) is 1. The molecule has 3 heteroatoms. The van der Waals surface area contributed by atoms with Crippen LogP contribution in [-0.4, -0.2) is 49.6 Å². The molecule has 0 spiro atoms. The van der Waals surface area contributed by atoms with Crippen LogP contribution in [0, 0.1) is 11.3 Å². The predicted molar refractivity (Wildman–Crippen MR) is 89.1 cm³/mol. The average Bonchev–Trinajstić information content (AvgIpc) is 2.40. The average molecular weight is 287 g/mol. The molecule has 2 nitrogen and oxygen atoms in total. The van der Waals surface area contributed by atoms with Gasteiger partial charge in [-0.1, -0.05) is 26.7 Å².